The number of benzene rings is 3. The van der Waals surface area contributed by atoms with Crippen LogP contribution in [-0.2, 0) is 16.0 Å². The summed E-state index contributed by atoms with van der Waals surface area (Å²) in [6, 6.07) is 21.5. The molecular formula is C25H19NO2. The first-order valence-corrected chi connectivity index (χ1v) is 9.68. The molecule has 0 saturated carbocycles. The summed E-state index contributed by atoms with van der Waals surface area (Å²) in [5, 5.41) is 3.49. The number of hydrogen-bond donors (Lipinski definition) is 1. The number of esters is 1. The smallest absolute Gasteiger partial charge is 0.337 e. The molecule has 1 N–H and O–H groups in total. The number of ether oxygens (including phenoxy) is 1. The van der Waals surface area contributed by atoms with Gasteiger partial charge in [0.15, 0.2) is 0 Å². The van der Waals surface area contributed by atoms with Gasteiger partial charge in [0.2, 0.25) is 0 Å². The number of anilines is 1. The molecule has 0 amide bonds. The standard InChI is InChI=1S/C25H19NO2/c1-14-6-8-15(9-7-14)22-23-19-12-16-4-2-3-5-17(16)18(19)10-11-20(23)26-21-13-28-25(27)24(21)22/h2-11,22,26H,12-13H2,1H3. The fraction of sp³-hybridized carbons (Fsp3) is 0.160. The van der Waals surface area contributed by atoms with Crippen molar-refractivity contribution in [1.29, 1.82) is 0 Å². The topological polar surface area (TPSA) is 38.3 Å². The van der Waals surface area contributed by atoms with Crippen LogP contribution in [0, 0.1) is 6.92 Å². The highest BCUT2D eigenvalue weighted by molar-refractivity contribution is 5.98. The third-order valence-corrected chi connectivity index (χ3v) is 6.20. The van der Waals surface area contributed by atoms with Crippen molar-refractivity contribution >= 4 is 11.7 Å². The third kappa shape index (κ3) is 2.07. The molecule has 0 spiro atoms. The van der Waals surface area contributed by atoms with E-state index in [0.29, 0.717) is 6.61 Å². The van der Waals surface area contributed by atoms with E-state index in [1.54, 1.807) is 0 Å². The van der Waals surface area contributed by atoms with E-state index in [9.17, 15) is 4.79 Å². The summed E-state index contributed by atoms with van der Waals surface area (Å²) in [4.78, 5) is 12.7. The number of cyclic esters (lactones) is 1. The van der Waals surface area contributed by atoms with Gasteiger partial charge in [-0.15, -0.1) is 0 Å². The average molecular weight is 365 g/mol. The number of carbonyl (C=O) groups excluding carboxylic acids is 1. The minimum Gasteiger partial charge on any atom is -0.456 e. The van der Waals surface area contributed by atoms with E-state index in [4.69, 9.17) is 4.74 Å². The summed E-state index contributed by atoms with van der Waals surface area (Å²) >= 11 is 0. The second kappa shape index (κ2) is 5.59. The monoisotopic (exact) mass is 365 g/mol. The molecule has 3 heteroatoms. The molecule has 1 unspecified atom stereocenters. The maximum Gasteiger partial charge on any atom is 0.337 e. The molecule has 28 heavy (non-hydrogen) atoms. The second-order valence-electron chi connectivity index (χ2n) is 7.82. The lowest BCUT2D eigenvalue weighted by Crippen LogP contribution is -2.21. The maximum absolute atomic E-state index is 12.7. The van der Waals surface area contributed by atoms with E-state index in [1.807, 2.05) is 0 Å². The predicted molar refractivity (Wildman–Crippen MR) is 109 cm³/mol. The highest BCUT2D eigenvalue weighted by Gasteiger charge is 2.40. The van der Waals surface area contributed by atoms with Crippen molar-refractivity contribution in [3.8, 4) is 11.1 Å². The Labute approximate surface area is 163 Å². The number of carbonyl (C=O) groups is 1. The van der Waals surface area contributed by atoms with Crippen LogP contribution in [0.1, 0.15) is 33.7 Å². The van der Waals surface area contributed by atoms with Gasteiger partial charge in [-0.2, -0.15) is 0 Å². The highest BCUT2D eigenvalue weighted by atomic mass is 16.5. The van der Waals surface area contributed by atoms with Crippen LogP contribution in [0.2, 0.25) is 0 Å². The quantitative estimate of drug-likeness (QED) is 0.486. The fourth-order valence-electron chi connectivity index (χ4n) is 4.88. The maximum atomic E-state index is 12.7. The predicted octanol–water partition coefficient (Wildman–Crippen LogP) is 4.93. The zero-order chi connectivity index (χ0) is 18.8. The van der Waals surface area contributed by atoms with Crippen molar-refractivity contribution in [1.82, 2.24) is 0 Å². The number of hydrogen-bond acceptors (Lipinski definition) is 3. The average Bonchev–Trinajstić information content (AvgIpc) is 3.27. The van der Waals surface area contributed by atoms with E-state index in [-0.39, 0.29) is 11.9 Å². The van der Waals surface area contributed by atoms with Gasteiger partial charge >= 0.3 is 5.97 Å². The molecule has 2 heterocycles. The molecule has 0 fully saturated rings. The van der Waals surface area contributed by atoms with E-state index in [2.05, 4.69) is 72.9 Å². The van der Waals surface area contributed by atoms with E-state index in [0.717, 1.165) is 28.9 Å². The number of rotatable bonds is 1. The van der Waals surface area contributed by atoms with Crippen LogP contribution in [0.3, 0.4) is 0 Å². The largest absolute Gasteiger partial charge is 0.456 e. The van der Waals surface area contributed by atoms with Gasteiger partial charge in [0.25, 0.3) is 0 Å². The van der Waals surface area contributed by atoms with Gasteiger partial charge in [0.05, 0.1) is 11.3 Å². The van der Waals surface area contributed by atoms with Gasteiger partial charge in [-0.25, -0.2) is 4.79 Å². The zero-order valence-electron chi connectivity index (χ0n) is 15.6. The zero-order valence-corrected chi connectivity index (χ0v) is 15.6. The van der Waals surface area contributed by atoms with Crippen LogP contribution in [0.5, 0.6) is 0 Å². The van der Waals surface area contributed by atoms with Gasteiger partial charge in [-0.3, -0.25) is 0 Å². The molecule has 6 rings (SSSR count). The molecule has 2 aliphatic heterocycles. The van der Waals surface area contributed by atoms with Gasteiger partial charge in [0.1, 0.15) is 6.61 Å². The minimum atomic E-state index is -0.202. The number of fused-ring (bicyclic) bond motifs is 5. The first-order chi connectivity index (χ1) is 13.7. The van der Waals surface area contributed by atoms with Crippen LogP contribution in [0.15, 0.2) is 71.9 Å². The Morgan fingerprint density at radius 3 is 2.64 bits per heavy atom. The van der Waals surface area contributed by atoms with Crippen molar-refractivity contribution in [2.24, 2.45) is 0 Å². The molecule has 0 bridgehead atoms. The molecule has 3 aromatic carbocycles. The molecule has 3 aliphatic rings. The second-order valence-corrected chi connectivity index (χ2v) is 7.82. The number of nitrogens with one attached hydrogen (secondary N) is 1. The third-order valence-electron chi connectivity index (χ3n) is 6.20. The van der Waals surface area contributed by atoms with Crippen molar-refractivity contribution in [3.63, 3.8) is 0 Å². The fourth-order valence-corrected chi connectivity index (χ4v) is 4.88. The Hall–Kier alpha value is -3.33. The Morgan fingerprint density at radius 1 is 0.964 bits per heavy atom. The van der Waals surface area contributed by atoms with Gasteiger partial charge in [-0.1, -0.05) is 60.2 Å². The lowest BCUT2D eigenvalue weighted by molar-refractivity contribution is -0.136. The highest BCUT2D eigenvalue weighted by Crippen LogP contribution is 2.50. The Morgan fingerprint density at radius 2 is 1.79 bits per heavy atom. The van der Waals surface area contributed by atoms with E-state index >= 15 is 0 Å². The summed E-state index contributed by atoms with van der Waals surface area (Å²) in [6.45, 7) is 2.41. The van der Waals surface area contributed by atoms with Crippen LogP contribution in [0.25, 0.3) is 11.1 Å². The Bertz CT molecular complexity index is 1190. The summed E-state index contributed by atoms with van der Waals surface area (Å²) in [7, 11) is 0. The summed E-state index contributed by atoms with van der Waals surface area (Å²) < 4.78 is 5.41. The summed E-state index contributed by atoms with van der Waals surface area (Å²) in [5.41, 5.74) is 11.6. The van der Waals surface area contributed by atoms with Crippen molar-refractivity contribution in [2.75, 3.05) is 11.9 Å². The molecule has 1 atom stereocenters. The lowest BCUT2D eigenvalue weighted by atomic mass is 9.78. The Balaban J connectivity index is 1.62. The SMILES string of the molecule is Cc1ccc(C2C3=C(COC3=O)Nc3ccc4c(c32)Cc2ccccc2-4)cc1. The van der Waals surface area contributed by atoms with E-state index < -0.39 is 0 Å². The molecule has 136 valence electrons. The van der Waals surface area contributed by atoms with Gasteiger partial charge < -0.3 is 10.1 Å². The molecule has 3 nitrogen and oxygen atoms in total. The molecular weight excluding hydrogens is 346 g/mol. The van der Waals surface area contributed by atoms with E-state index in [1.165, 1.54) is 33.4 Å². The normalized spacial score (nSPS) is 18.8. The summed E-state index contributed by atoms with van der Waals surface area (Å²) in [6.07, 6.45) is 0.899. The first kappa shape index (κ1) is 15.7. The molecule has 1 aliphatic carbocycles. The lowest BCUT2D eigenvalue weighted by Gasteiger charge is -2.29. The van der Waals surface area contributed by atoms with Crippen LogP contribution in [-0.4, -0.2) is 12.6 Å². The van der Waals surface area contributed by atoms with Crippen LogP contribution >= 0.6 is 0 Å². The van der Waals surface area contributed by atoms with Crippen molar-refractivity contribution in [3.05, 3.63) is 99.8 Å². The van der Waals surface area contributed by atoms with Crippen molar-refractivity contribution in [2.45, 2.75) is 19.3 Å². The molecule has 3 aromatic rings. The molecule has 0 saturated heterocycles. The Kier molecular flexibility index (Phi) is 3.13. The molecule has 0 radical (unpaired) electrons. The first-order valence-electron chi connectivity index (χ1n) is 9.68. The number of aryl methyl sites for hydroxylation is 1. The van der Waals surface area contributed by atoms with Crippen molar-refractivity contribution < 1.29 is 9.53 Å². The van der Waals surface area contributed by atoms with Gasteiger partial charge in [-0.05, 0) is 52.8 Å². The van der Waals surface area contributed by atoms with Crippen LogP contribution in [0.4, 0.5) is 5.69 Å². The molecule has 0 aromatic heterocycles. The summed E-state index contributed by atoms with van der Waals surface area (Å²) in [5.74, 6) is -0.294. The van der Waals surface area contributed by atoms with Crippen LogP contribution < -0.4 is 5.32 Å². The minimum absolute atomic E-state index is 0.0916. The van der Waals surface area contributed by atoms with Gasteiger partial charge in [0, 0.05) is 11.6 Å².